The number of hydrogen-bond donors (Lipinski definition) is 1. The number of hydrogen-bond acceptors (Lipinski definition) is 4. The van der Waals surface area contributed by atoms with Gasteiger partial charge in [-0.3, -0.25) is 10.1 Å². The van der Waals surface area contributed by atoms with Crippen molar-refractivity contribution in [3.8, 4) is 0 Å². The molecule has 0 spiro atoms. The molecule has 2 rings (SSSR count). The minimum atomic E-state index is -1.12. The van der Waals surface area contributed by atoms with Crippen LogP contribution in [0.4, 0.5) is 14.9 Å². The molecule has 6 nitrogen and oxygen atoms in total. The van der Waals surface area contributed by atoms with E-state index in [1.807, 2.05) is 11.9 Å². The van der Waals surface area contributed by atoms with Gasteiger partial charge < -0.3 is 14.2 Å². The zero-order valence-electron chi connectivity index (χ0n) is 14.0. The molecule has 1 aromatic heterocycles. The highest BCUT2D eigenvalue weighted by Crippen LogP contribution is 2.23. The Labute approximate surface area is 135 Å². The fourth-order valence-corrected chi connectivity index (χ4v) is 2.64. The highest BCUT2D eigenvalue weighted by Gasteiger charge is 2.30. The summed E-state index contributed by atoms with van der Waals surface area (Å²) in [4.78, 5) is 26.2. The SMILES string of the molecule is CN1CCC(n2cccc(NC(=O)OC(C)(C)C)c2=O)[C@H](F)C1. The smallest absolute Gasteiger partial charge is 0.412 e. The van der Waals surface area contributed by atoms with Gasteiger partial charge in [-0.1, -0.05) is 0 Å². The zero-order valence-corrected chi connectivity index (χ0v) is 14.0. The number of aromatic nitrogens is 1. The summed E-state index contributed by atoms with van der Waals surface area (Å²) < 4.78 is 20.8. The van der Waals surface area contributed by atoms with Crippen LogP contribution in [0.25, 0.3) is 0 Å². The summed E-state index contributed by atoms with van der Waals surface area (Å²) in [6, 6.07) is 2.60. The lowest BCUT2D eigenvalue weighted by molar-refractivity contribution is 0.0635. The lowest BCUT2D eigenvalue weighted by Crippen LogP contribution is -2.43. The molecule has 1 unspecified atom stereocenters. The van der Waals surface area contributed by atoms with E-state index in [4.69, 9.17) is 4.74 Å². The van der Waals surface area contributed by atoms with Crippen molar-refractivity contribution in [3.63, 3.8) is 0 Å². The van der Waals surface area contributed by atoms with Crippen molar-refractivity contribution >= 4 is 11.8 Å². The maximum absolute atomic E-state index is 14.3. The second kappa shape index (κ2) is 6.70. The van der Waals surface area contributed by atoms with Crippen molar-refractivity contribution in [2.24, 2.45) is 0 Å². The fourth-order valence-electron chi connectivity index (χ4n) is 2.64. The second-order valence-corrected chi connectivity index (χ2v) is 6.90. The molecule has 0 saturated carbocycles. The summed E-state index contributed by atoms with van der Waals surface area (Å²) in [7, 11) is 1.85. The predicted molar refractivity (Wildman–Crippen MR) is 86.6 cm³/mol. The van der Waals surface area contributed by atoms with Gasteiger partial charge in [-0.05, 0) is 46.4 Å². The Balaban J connectivity index is 2.18. The highest BCUT2D eigenvalue weighted by atomic mass is 19.1. The van der Waals surface area contributed by atoms with E-state index in [0.29, 0.717) is 13.0 Å². The van der Waals surface area contributed by atoms with Crippen LogP contribution >= 0.6 is 0 Å². The molecule has 1 aromatic rings. The Bertz CT molecular complexity index is 624. The van der Waals surface area contributed by atoms with Crippen LogP contribution in [0.1, 0.15) is 33.2 Å². The van der Waals surface area contributed by atoms with Gasteiger partial charge in [0.05, 0.1) is 6.04 Å². The number of pyridine rings is 1. The molecule has 1 aliphatic rings. The molecular formula is C16H24FN3O3. The molecule has 1 aliphatic heterocycles. The average molecular weight is 325 g/mol. The largest absolute Gasteiger partial charge is 0.444 e. The van der Waals surface area contributed by atoms with Crippen LogP contribution in [0.15, 0.2) is 23.1 Å². The number of amides is 1. The number of rotatable bonds is 2. The summed E-state index contributed by atoms with van der Waals surface area (Å²) in [6.45, 7) is 6.23. The van der Waals surface area contributed by atoms with E-state index in [9.17, 15) is 14.0 Å². The third-order valence-electron chi connectivity index (χ3n) is 3.68. The van der Waals surface area contributed by atoms with Crippen molar-refractivity contribution in [1.29, 1.82) is 0 Å². The van der Waals surface area contributed by atoms with Crippen molar-refractivity contribution in [3.05, 3.63) is 28.7 Å². The van der Waals surface area contributed by atoms with E-state index in [2.05, 4.69) is 5.32 Å². The first kappa shape index (κ1) is 17.5. The molecule has 1 amide bonds. The normalized spacial score (nSPS) is 22.7. The topological polar surface area (TPSA) is 63.6 Å². The van der Waals surface area contributed by atoms with Crippen LogP contribution in [0, 0.1) is 0 Å². The monoisotopic (exact) mass is 325 g/mol. The summed E-state index contributed by atoms with van der Waals surface area (Å²) in [6.07, 6.45) is 0.286. The lowest BCUT2D eigenvalue weighted by atomic mass is 10.0. The number of nitrogens with zero attached hydrogens (tertiary/aromatic N) is 2. The molecule has 2 heterocycles. The molecule has 0 bridgehead atoms. The molecule has 128 valence electrons. The summed E-state index contributed by atoms with van der Waals surface area (Å²) in [5.41, 5.74) is -0.987. The molecular weight excluding hydrogens is 301 g/mol. The highest BCUT2D eigenvalue weighted by molar-refractivity contribution is 5.84. The number of halogens is 1. The van der Waals surface area contributed by atoms with Crippen molar-refractivity contribution in [2.75, 3.05) is 25.5 Å². The minimum absolute atomic E-state index is 0.0906. The average Bonchev–Trinajstić information content (AvgIpc) is 2.40. The summed E-state index contributed by atoms with van der Waals surface area (Å²) in [5.74, 6) is 0. The Kier molecular flexibility index (Phi) is 5.09. The Hall–Kier alpha value is -1.89. The van der Waals surface area contributed by atoms with Crippen LogP contribution in [-0.2, 0) is 4.74 Å². The maximum atomic E-state index is 14.3. The number of likely N-dealkylation sites (tertiary alicyclic amines) is 1. The molecule has 7 heteroatoms. The molecule has 0 aromatic carbocycles. The standard InChI is InChI=1S/C16H24FN3O3/c1-16(2,3)23-15(22)18-12-6-5-8-20(14(12)21)13-7-9-19(4)10-11(13)17/h5-6,8,11,13H,7,9-10H2,1-4H3,(H,18,22)/t11-,13?/m1/s1. The first-order chi connectivity index (χ1) is 10.7. The van der Waals surface area contributed by atoms with Gasteiger partial charge in [0.15, 0.2) is 0 Å². The van der Waals surface area contributed by atoms with Crippen LogP contribution in [0.5, 0.6) is 0 Å². The van der Waals surface area contributed by atoms with Gasteiger partial charge in [0.25, 0.3) is 5.56 Å². The van der Waals surface area contributed by atoms with Crippen LogP contribution in [-0.4, -0.2) is 47.5 Å². The maximum Gasteiger partial charge on any atom is 0.412 e. The molecule has 1 saturated heterocycles. The Morgan fingerprint density at radius 3 is 2.74 bits per heavy atom. The first-order valence-electron chi connectivity index (χ1n) is 7.71. The number of ether oxygens (including phenoxy) is 1. The molecule has 0 radical (unpaired) electrons. The van der Waals surface area contributed by atoms with Gasteiger partial charge in [-0.15, -0.1) is 0 Å². The molecule has 23 heavy (non-hydrogen) atoms. The number of nitrogens with one attached hydrogen (secondary N) is 1. The van der Waals surface area contributed by atoms with Crippen LogP contribution < -0.4 is 10.9 Å². The van der Waals surface area contributed by atoms with Crippen molar-refractivity contribution < 1.29 is 13.9 Å². The minimum Gasteiger partial charge on any atom is -0.444 e. The van der Waals surface area contributed by atoms with E-state index in [-0.39, 0.29) is 5.69 Å². The van der Waals surface area contributed by atoms with Crippen LogP contribution in [0.3, 0.4) is 0 Å². The number of alkyl halides is 1. The van der Waals surface area contributed by atoms with E-state index in [0.717, 1.165) is 6.54 Å². The van der Waals surface area contributed by atoms with Crippen LogP contribution in [0.2, 0.25) is 0 Å². The number of carbonyl (C=O) groups is 1. The van der Waals surface area contributed by atoms with Gasteiger partial charge in [-0.25, -0.2) is 9.18 Å². The summed E-state index contributed by atoms with van der Waals surface area (Å²) >= 11 is 0. The summed E-state index contributed by atoms with van der Waals surface area (Å²) in [5, 5.41) is 2.44. The third kappa shape index (κ3) is 4.54. The first-order valence-corrected chi connectivity index (χ1v) is 7.71. The number of carbonyl (C=O) groups excluding carboxylic acids is 1. The molecule has 0 aliphatic carbocycles. The quantitative estimate of drug-likeness (QED) is 0.907. The van der Waals surface area contributed by atoms with Gasteiger partial charge in [-0.2, -0.15) is 0 Å². The Morgan fingerprint density at radius 1 is 1.43 bits per heavy atom. The second-order valence-electron chi connectivity index (χ2n) is 6.90. The predicted octanol–water partition coefficient (Wildman–Crippen LogP) is 2.41. The molecule has 1 N–H and O–H groups in total. The van der Waals surface area contributed by atoms with E-state index < -0.39 is 29.5 Å². The van der Waals surface area contributed by atoms with Crippen molar-refractivity contribution in [2.45, 2.75) is 45.0 Å². The Morgan fingerprint density at radius 2 is 2.13 bits per heavy atom. The number of piperidine rings is 1. The number of anilines is 1. The van der Waals surface area contributed by atoms with Gasteiger partial charge >= 0.3 is 6.09 Å². The third-order valence-corrected chi connectivity index (χ3v) is 3.68. The fraction of sp³-hybridized carbons (Fsp3) is 0.625. The van der Waals surface area contributed by atoms with Gasteiger partial charge in [0, 0.05) is 19.3 Å². The van der Waals surface area contributed by atoms with E-state index >= 15 is 0 Å². The van der Waals surface area contributed by atoms with E-state index in [1.165, 1.54) is 10.6 Å². The van der Waals surface area contributed by atoms with Crippen molar-refractivity contribution in [1.82, 2.24) is 9.47 Å². The zero-order chi connectivity index (χ0) is 17.2. The van der Waals surface area contributed by atoms with Gasteiger partial charge in [0.1, 0.15) is 17.5 Å². The van der Waals surface area contributed by atoms with E-state index in [1.54, 1.807) is 33.0 Å². The molecule has 2 atom stereocenters. The van der Waals surface area contributed by atoms with Gasteiger partial charge in [0.2, 0.25) is 0 Å². The lowest BCUT2D eigenvalue weighted by Gasteiger charge is -2.33. The molecule has 1 fully saturated rings.